The highest BCUT2D eigenvalue weighted by Crippen LogP contribution is 2.30. The third-order valence-electron chi connectivity index (χ3n) is 3.94. The molecule has 0 aliphatic heterocycles. The van der Waals surface area contributed by atoms with Crippen LogP contribution in [-0.4, -0.2) is 4.98 Å². The summed E-state index contributed by atoms with van der Waals surface area (Å²) in [5.41, 5.74) is 12.0. The van der Waals surface area contributed by atoms with Gasteiger partial charge in [-0.05, 0) is 36.8 Å². The summed E-state index contributed by atoms with van der Waals surface area (Å²) < 4.78 is 0. The first kappa shape index (κ1) is 13.6. The second-order valence-corrected chi connectivity index (χ2v) is 5.64. The van der Waals surface area contributed by atoms with E-state index in [4.69, 9.17) is 4.98 Å². The lowest BCUT2D eigenvalue weighted by atomic mass is 10.1. The molecule has 1 aromatic heterocycles. The van der Waals surface area contributed by atoms with E-state index in [0.29, 0.717) is 0 Å². The van der Waals surface area contributed by atoms with Crippen LogP contribution in [0.5, 0.6) is 0 Å². The fourth-order valence-corrected chi connectivity index (χ4v) is 2.83. The minimum atomic E-state index is 0.986. The van der Waals surface area contributed by atoms with E-state index in [2.05, 4.69) is 42.0 Å². The molecule has 0 fully saturated rings. The average Bonchev–Trinajstić information content (AvgIpc) is 2.58. The molecule has 0 unspecified atom stereocenters. The van der Waals surface area contributed by atoms with Gasteiger partial charge >= 0.3 is 0 Å². The average molecular weight is 299 g/mol. The lowest BCUT2D eigenvalue weighted by molar-refractivity contribution is 1.39. The van der Waals surface area contributed by atoms with Crippen LogP contribution in [0.4, 0.5) is 11.4 Å². The van der Waals surface area contributed by atoms with Crippen molar-refractivity contribution in [3.05, 3.63) is 78.4 Å². The van der Waals surface area contributed by atoms with Crippen molar-refractivity contribution in [3.8, 4) is 0 Å². The number of para-hydroxylation sites is 2. The van der Waals surface area contributed by atoms with Crippen molar-refractivity contribution in [2.45, 2.75) is 6.92 Å². The van der Waals surface area contributed by atoms with Crippen molar-refractivity contribution >= 4 is 33.2 Å². The topological polar surface area (TPSA) is 37.0 Å². The molecule has 0 aliphatic rings. The molecule has 23 heavy (non-hydrogen) atoms. The van der Waals surface area contributed by atoms with E-state index in [0.717, 1.165) is 33.2 Å². The van der Waals surface area contributed by atoms with Gasteiger partial charge in [0, 0.05) is 10.8 Å². The fraction of sp³-hybridized carbons (Fsp3) is 0.0500. The van der Waals surface area contributed by atoms with Crippen LogP contribution in [0.3, 0.4) is 0 Å². The highest BCUT2D eigenvalue weighted by Gasteiger charge is 2.08. The molecule has 0 aliphatic carbocycles. The molecule has 2 N–H and O–H groups in total. The number of aryl methyl sites for hydroxylation is 1. The number of benzene rings is 3. The van der Waals surface area contributed by atoms with E-state index < -0.39 is 0 Å². The highest BCUT2D eigenvalue weighted by atomic mass is 15.4. The van der Waals surface area contributed by atoms with Crippen LogP contribution in [0, 0.1) is 6.92 Å². The van der Waals surface area contributed by atoms with Crippen molar-refractivity contribution in [2.75, 3.05) is 10.9 Å². The number of nitrogens with zero attached hydrogens (tertiary/aromatic N) is 1. The normalized spacial score (nSPS) is 10.8. The molecule has 0 radical (unpaired) electrons. The van der Waals surface area contributed by atoms with E-state index in [1.807, 2.05) is 48.5 Å². The maximum absolute atomic E-state index is 4.74. The van der Waals surface area contributed by atoms with Crippen LogP contribution in [0.25, 0.3) is 21.8 Å². The number of nitrogens with one attached hydrogen (secondary N) is 2. The van der Waals surface area contributed by atoms with E-state index in [-0.39, 0.29) is 0 Å². The Balaban J connectivity index is 1.82. The molecule has 1 heterocycles. The Morgan fingerprint density at radius 3 is 2.00 bits per heavy atom. The molecule has 3 heteroatoms. The maximum atomic E-state index is 4.74. The molecule has 0 saturated carbocycles. The Hall–Kier alpha value is -3.07. The predicted octanol–water partition coefficient (Wildman–Crippen LogP) is 5.14. The number of pyridine rings is 1. The van der Waals surface area contributed by atoms with E-state index in [1.54, 1.807) is 0 Å². The van der Waals surface area contributed by atoms with Crippen LogP contribution in [0.15, 0.2) is 72.8 Å². The molecular weight excluding hydrogens is 282 g/mol. The largest absolute Gasteiger partial charge is 0.301 e. The summed E-state index contributed by atoms with van der Waals surface area (Å²) in [4.78, 5) is 4.74. The summed E-state index contributed by atoms with van der Waals surface area (Å²) in [6, 6.07) is 24.7. The molecular formula is C20H17N3. The quantitative estimate of drug-likeness (QED) is 0.406. The van der Waals surface area contributed by atoms with Gasteiger partial charge in [0.2, 0.25) is 0 Å². The van der Waals surface area contributed by atoms with Crippen LogP contribution in [0.1, 0.15) is 5.56 Å². The summed E-state index contributed by atoms with van der Waals surface area (Å²) in [5, 5.41) is 2.21. The molecule has 0 atom stereocenters. The highest BCUT2D eigenvalue weighted by molar-refractivity contribution is 6.07. The first-order valence-corrected chi connectivity index (χ1v) is 7.67. The van der Waals surface area contributed by atoms with Crippen molar-refractivity contribution in [1.29, 1.82) is 0 Å². The van der Waals surface area contributed by atoms with E-state index >= 15 is 0 Å². The first-order valence-electron chi connectivity index (χ1n) is 7.67. The van der Waals surface area contributed by atoms with Gasteiger partial charge in [0.1, 0.15) is 0 Å². The minimum absolute atomic E-state index is 0.986. The molecule has 112 valence electrons. The number of aromatic nitrogens is 1. The molecule has 0 amide bonds. The SMILES string of the molecule is Cc1cccc(NNc2c3ccccc3nc3ccccc23)c1. The number of hydrogen-bond acceptors (Lipinski definition) is 3. The monoisotopic (exact) mass is 299 g/mol. The molecule has 0 bridgehead atoms. The van der Waals surface area contributed by atoms with E-state index in [9.17, 15) is 0 Å². The molecule has 0 spiro atoms. The van der Waals surface area contributed by atoms with Crippen molar-refractivity contribution in [2.24, 2.45) is 0 Å². The zero-order valence-electron chi connectivity index (χ0n) is 12.9. The lowest BCUT2D eigenvalue weighted by Crippen LogP contribution is -2.09. The maximum Gasteiger partial charge on any atom is 0.0731 e. The van der Waals surface area contributed by atoms with Crippen LogP contribution in [-0.2, 0) is 0 Å². The van der Waals surface area contributed by atoms with Crippen LogP contribution >= 0.6 is 0 Å². The minimum Gasteiger partial charge on any atom is -0.301 e. The second-order valence-electron chi connectivity index (χ2n) is 5.64. The second kappa shape index (κ2) is 5.61. The standard InChI is InChI=1S/C20H17N3/c1-14-7-6-8-15(13-14)22-23-20-16-9-2-4-11-18(16)21-19-12-5-3-10-17(19)20/h2-13,22H,1H3,(H,21,23). The van der Waals surface area contributed by atoms with Crippen molar-refractivity contribution < 1.29 is 0 Å². The molecule has 0 saturated heterocycles. The van der Waals surface area contributed by atoms with Gasteiger partial charge in [0.15, 0.2) is 0 Å². The summed E-state index contributed by atoms with van der Waals surface area (Å²) in [6.45, 7) is 2.09. The number of rotatable bonds is 3. The molecule has 4 rings (SSSR count). The van der Waals surface area contributed by atoms with Gasteiger partial charge < -0.3 is 5.43 Å². The van der Waals surface area contributed by atoms with Crippen LogP contribution in [0.2, 0.25) is 0 Å². The zero-order chi connectivity index (χ0) is 15.6. The van der Waals surface area contributed by atoms with Gasteiger partial charge in [-0.1, -0.05) is 48.5 Å². The molecule has 3 nitrogen and oxygen atoms in total. The number of hydrazine groups is 1. The summed E-state index contributed by atoms with van der Waals surface area (Å²) >= 11 is 0. The zero-order valence-corrected chi connectivity index (χ0v) is 12.9. The van der Waals surface area contributed by atoms with Gasteiger partial charge in [-0.2, -0.15) is 0 Å². The Morgan fingerprint density at radius 1 is 0.696 bits per heavy atom. The summed E-state index contributed by atoms with van der Waals surface area (Å²) in [6.07, 6.45) is 0. The molecule has 4 aromatic rings. The number of anilines is 2. The fourth-order valence-electron chi connectivity index (χ4n) is 2.83. The van der Waals surface area contributed by atoms with Gasteiger partial charge in [-0.15, -0.1) is 0 Å². The Morgan fingerprint density at radius 2 is 1.35 bits per heavy atom. The van der Waals surface area contributed by atoms with Gasteiger partial charge in [0.05, 0.1) is 22.4 Å². The van der Waals surface area contributed by atoms with Gasteiger partial charge in [-0.25, -0.2) is 4.98 Å². The Kier molecular flexibility index (Phi) is 3.31. The number of fused-ring (bicyclic) bond motifs is 2. The first-order chi connectivity index (χ1) is 11.3. The van der Waals surface area contributed by atoms with Gasteiger partial charge in [0.25, 0.3) is 0 Å². The predicted molar refractivity (Wildman–Crippen MR) is 97.7 cm³/mol. The third-order valence-corrected chi connectivity index (χ3v) is 3.94. The number of hydrogen-bond donors (Lipinski definition) is 2. The van der Waals surface area contributed by atoms with Gasteiger partial charge in [-0.3, -0.25) is 5.43 Å². The Bertz CT molecular complexity index is 938. The van der Waals surface area contributed by atoms with Crippen molar-refractivity contribution in [1.82, 2.24) is 4.98 Å². The lowest BCUT2D eigenvalue weighted by Gasteiger charge is -2.15. The van der Waals surface area contributed by atoms with Crippen molar-refractivity contribution in [3.63, 3.8) is 0 Å². The summed E-state index contributed by atoms with van der Waals surface area (Å²) in [7, 11) is 0. The molecule has 3 aromatic carbocycles. The summed E-state index contributed by atoms with van der Waals surface area (Å²) in [5.74, 6) is 0. The smallest absolute Gasteiger partial charge is 0.0731 e. The Labute approximate surface area is 135 Å². The van der Waals surface area contributed by atoms with E-state index in [1.165, 1.54) is 5.56 Å². The van der Waals surface area contributed by atoms with Crippen LogP contribution < -0.4 is 10.9 Å². The third kappa shape index (κ3) is 2.57.